The van der Waals surface area contributed by atoms with Crippen molar-refractivity contribution < 1.29 is 4.79 Å². The largest absolute Gasteiger partial charge is 0.293 e. The molecule has 0 saturated heterocycles. The molecule has 0 atom stereocenters. The minimum Gasteiger partial charge on any atom is -0.293 e. The van der Waals surface area contributed by atoms with Crippen LogP contribution in [-0.2, 0) is 0 Å². The van der Waals surface area contributed by atoms with Crippen LogP contribution < -0.4 is 5.56 Å². The molecule has 0 bridgehead atoms. The lowest BCUT2D eigenvalue weighted by Crippen LogP contribution is -2.21. The number of aryl methyl sites for hydroxylation is 4. The van der Waals surface area contributed by atoms with Gasteiger partial charge in [-0.1, -0.05) is 41.6 Å². The zero-order valence-electron chi connectivity index (χ0n) is 15.9. The minimum absolute atomic E-state index is 0.000262. The first-order chi connectivity index (χ1) is 12.9. The van der Waals surface area contributed by atoms with Crippen LogP contribution in [0.2, 0.25) is 0 Å². The molecule has 138 valence electrons. The van der Waals surface area contributed by atoms with E-state index in [1.165, 1.54) is 17.3 Å². The van der Waals surface area contributed by atoms with Crippen molar-refractivity contribution in [3.63, 3.8) is 0 Å². The van der Waals surface area contributed by atoms with E-state index in [4.69, 9.17) is 0 Å². The SMILES string of the molecule is Cc1ccc(C(=O)CSc2nccn(-c3ccc(C)c(C)c3)c2=O)c(C)c1. The van der Waals surface area contributed by atoms with Crippen molar-refractivity contribution in [3.8, 4) is 5.69 Å². The second kappa shape index (κ2) is 7.92. The predicted molar refractivity (Wildman–Crippen MR) is 110 cm³/mol. The lowest BCUT2D eigenvalue weighted by Gasteiger charge is -2.10. The summed E-state index contributed by atoms with van der Waals surface area (Å²) in [4.78, 5) is 29.5. The number of ketones is 1. The summed E-state index contributed by atoms with van der Waals surface area (Å²) in [5.41, 5.74) is 5.66. The summed E-state index contributed by atoms with van der Waals surface area (Å²) in [7, 11) is 0. The van der Waals surface area contributed by atoms with Crippen molar-refractivity contribution in [2.45, 2.75) is 32.7 Å². The molecule has 3 aromatic rings. The number of carbonyl (C=O) groups is 1. The molecule has 0 fully saturated rings. The number of rotatable bonds is 5. The highest BCUT2D eigenvalue weighted by molar-refractivity contribution is 7.99. The van der Waals surface area contributed by atoms with Gasteiger partial charge in [0.2, 0.25) is 0 Å². The van der Waals surface area contributed by atoms with E-state index in [0.29, 0.717) is 10.6 Å². The van der Waals surface area contributed by atoms with Crippen molar-refractivity contribution in [1.82, 2.24) is 9.55 Å². The van der Waals surface area contributed by atoms with Crippen molar-refractivity contribution in [3.05, 3.63) is 87.0 Å². The molecule has 0 unspecified atom stereocenters. The van der Waals surface area contributed by atoms with Crippen molar-refractivity contribution in [1.29, 1.82) is 0 Å². The second-order valence-electron chi connectivity index (χ2n) is 6.71. The Bertz CT molecular complexity index is 1070. The number of nitrogens with zero attached hydrogens (tertiary/aromatic N) is 2. The molecule has 27 heavy (non-hydrogen) atoms. The minimum atomic E-state index is -0.209. The van der Waals surface area contributed by atoms with Gasteiger partial charge in [0, 0.05) is 23.6 Å². The van der Waals surface area contributed by atoms with E-state index >= 15 is 0 Å². The van der Waals surface area contributed by atoms with Crippen LogP contribution in [0.5, 0.6) is 0 Å². The highest BCUT2D eigenvalue weighted by Crippen LogP contribution is 2.18. The Morgan fingerprint density at radius 3 is 2.48 bits per heavy atom. The third kappa shape index (κ3) is 4.19. The fourth-order valence-electron chi connectivity index (χ4n) is 2.91. The molecular formula is C22H22N2O2S. The molecule has 2 aromatic carbocycles. The Kier molecular flexibility index (Phi) is 5.61. The van der Waals surface area contributed by atoms with Gasteiger partial charge < -0.3 is 0 Å². The molecule has 0 aliphatic rings. The average Bonchev–Trinajstić information content (AvgIpc) is 2.63. The van der Waals surface area contributed by atoms with Crippen LogP contribution in [0.15, 0.2) is 58.6 Å². The Morgan fingerprint density at radius 2 is 1.78 bits per heavy atom. The van der Waals surface area contributed by atoms with Crippen LogP contribution in [-0.4, -0.2) is 21.1 Å². The van der Waals surface area contributed by atoms with E-state index in [1.54, 1.807) is 17.0 Å². The predicted octanol–water partition coefficient (Wildman–Crippen LogP) is 4.44. The van der Waals surface area contributed by atoms with E-state index in [1.807, 2.05) is 64.1 Å². The Hall–Kier alpha value is -2.66. The Labute approximate surface area is 163 Å². The van der Waals surface area contributed by atoms with Crippen molar-refractivity contribution in [2.75, 3.05) is 5.75 Å². The fourth-order valence-corrected chi connectivity index (χ4v) is 3.69. The highest BCUT2D eigenvalue weighted by atomic mass is 32.2. The number of hydrogen-bond donors (Lipinski definition) is 0. The zero-order chi connectivity index (χ0) is 19.6. The standard InChI is InChI=1S/C22H22N2O2S/c1-14-5-8-19(17(4)11-14)20(25)13-27-21-22(26)24(10-9-23-21)18-7-6-15(2)16(3)12-18/h5-12H,13H2,1-4H3. The first kappa shape index (κ1) is 19.1. The van der Waals surface area contributed by atoms with E-state index in [0.717, 1.165) is 22.4 Å². The molecule has 0 spiro atoms. The van der Waals surface area contributed by atoms with Gasteiger partial charge in [0.25, 0.3) is 5.56 Å². The molecule has 3 rings (SSSR count). The van der Waals surface area contributed by atoms with Gasteiger partial charge in [0.05, 0.1) is 5.75 Å². The van der Waals surface area contributed by atoms with Crippen LogP contribution in [0.4, 0.5) is 0 Å². The second-order valence-corrected chi connectivity index (χ2v) is 7.67. The lowest BCUT2D eigenvalue weighted by molar-refractivity contribution is 0.102. The maximum atomic E-state index is 12.8. The van der Waals surface area contributed by atoms with Gasteiger partial charge >= 0.3 is 0 Å². The van der Waals surface area contributed by atoms with E-state index in [9.17, 15) is 9.59 Å². The van der Waals surface area contributed by atoms with E-state index in [-0.39, 0.29) is 17.1 Å². The molecule has 0 radical (unpaired) electrons. The molecule has 4 nitrogen and oxygen atoms in total. The number of aromatic nitrogens is 2. The first-order valence-corrected chi connectivity index (χ1v) is 9.74. The summed E-state index contributed by atoms with van der Waals surface area (Å²) < 4.78 is 1.57. The summed E-state index contributed by atoms with van der Waals surface area (Å²) >= 11 is 1.19. The van der Waals surface area contributed by atoms with Crippen LogP contribution in [0.25, 0.3) is 5.69 Å². The Balaban J connectivity index is 1.83. The van der Waals surface area contributed by atoms with Gasteiger partial charge in [-0.3, -0.25) is 14.2 Å². The molecule has 0 saturated carbocycles. The number of hydrogen-bond acceptors (Lipinski definition) is 4. The number of thioether (sulfide) groups is 1. The molecule has 0 amide bonds. The molecule has 1 aromatic heterocycles. The number of carbonyl (C=O) groups excluding carboxylic acids is 1. The zero-order valence-corrected chi connectivity index (χ0v) is 16.8. The van der Waals surface area contributed by atoms with E-state index < -0.39 is 0 Å². The van der Waals surface area contributed by atoms with Gasteiger partial charge in [-0.2, -0.15) is 0 Å². The van der Waals surface area contributed by atoms with Crippen LogP contribution in [0.3, 0.4) is 0 Å². The van der Waals surface area contributed by atoms with Gasteiger partial charge in [-0.15, -0.1) is 0 Å². The number of Topliss-reactive ketones (excluding diaryl/α,β-unsaturated/α-hetero) is 1. The summed E-state index contributed by atoms with van der Waals surface area (Å²) in [6.45, 7) is 7.98. The molecule has 5 heteroatoms. The van der Waals surface area contributed by atoms with E-state index in [2.05, 4.69) is 4.98 Å². The highest BCUT2D eigenvalue weighted by Gasteiger charge is 2.13. The normalized spacial score (nSPS) is 10.8. The van der Waals surface area contributed by atoms with Crippen molar-refractivity contribution >= 4 is 17.5 Å². The summed E-state index contributed by atoms with van der Waals surface area (Å²) in [6.07, 6.45) is 3.25. The van der Waals surface area contributed by atoms with Crippen LogP contribution in [0.1, 0.15) is 32.6 Å². The maximum absolute atomic E-state index is 12.8. The number of benzene rings is 2. The first-order valence-electron chi connectivity index (χ1n) is 8.75. The van der Waals surface area contributed by atoms with Gasteiger partial charge in [0.15, 0.2) is 10.8 Å². The Morgan fingerprint density at radius 1 is 1.00 bits per heavy atom. The summed E-state index contributed by atoms with van der Waals surface area (Å²) in [5.74, 6) is 0.184. The third-order valence-corrected chi connectivity index (χ3v) is 5.56. The topological polar surface area (TPSA) is 52.0 Å². The third-order valence-electron chi connectivity index (χ3n) is 4.60. The molecule has 0 N–H and O–H groups in total. The quantitative estimate of drug-likeness (QED) is 0.486. The monoisotopic (exact) mass is 378 g/mol. The van der Waals surface area contributed by atoms with Gasteiger partial charge in [-0.05, 0) is 56.5 Å². The van der Waals surface area contributed by atoms with Gasteiger partial charge in [-0.25, -0.2) is 4.98 Å². The molecular weight excluding hydrogens is 356 g/mol. The lowest BCUT2D eigenvalue weighted by atomic mass is 10.0. The van der Waals surface area contributed by atoms with Crippen molar-refractivity contribution in [2.24, 2.45) is 0 Å². The summed E-state index contributed by atoms with van der Waals surface area (Å²) in [5, 5.41) is 0.328. The average molecular weight is 378 g/mol. The molecule has 0 aliphatic heterocycles. The smallest absolute Gasteiger partial charge is 0.287 e. The summed E-state index contributed by atoms with van der Waals surface area (Å²) in [6, 6.07) is 11.7. The van der Waals surface area contributed by atoms with Gasteiger partial charge in [0.1, 0.15) is 0 Å². The molecule has 1 heterocycles. The maximum Gasteiger partial charge on any atom is 0.287 e. The van der Waals surface area contributed by atoms with Crippen LogP contribution in [0, 0.1) is 27.7 Å². The van der Waals surface area contributed by atoms with Crippen LogP contribution >= 0.6 is 11.8 Å². The molecule has 0 aliphatic carbocycles. The fraction of sp³-hybridized carbons (Fsp3) is 0.227.